The molecule has 2 rings (SSSR count). The van der Waals surface area contributed by atoms with Crippen molar-refractivity contribution in [1.82, 2.24) is 13.9 Å². The van der Waals surface area contributed by atoms with Crippen LogP contribution in [-0.2, 0) is 15.0 Å². The maximum atomic E-state index is 12.4. The summed E-state index contributed by atoms with van der Waals surface area (Å²) in [7, 11) is -3.47. The van der Waals surface area contributed by atoms with Crippen LogP contribution < -0.4 is 4.72 Å². The van der Waals surface area contributed by atoms with E-state index in [0.29, 0.717) is 30.8 Å². The molecule has 0 spiro atoms. The molecule has 0 bridgehead atoms. The lowest BCUT2D eigenvalue weighted by molar-refractivity contribution is -0.132. The molecule has 0 radical (unpaired) electrons. The van der Waals surface area contributed by atoms with Crippen LogP contribution in [0.2, 0.25) is 0 Å². The summed E-state index contributed by atoms with van der Waals surface area (Å²) >= 11 is 0. The summed E-state index contributed by atoms with van der Waals surface area (Å²) in [6.07, 6.45) is 3.52. The second-order valence-electron chi connectivity index (χ2n) is 7.50. The Kier molecular flexibility index (Phi) is 6.45. The fourth-order valence-corrected chi connectivity index (χ4v) is 5.20. The Labute approximate surface area is 140 Å². The topological polar surface area (TPSA) is 69.7 Å². The van der Waals surface area contributed by atoms with Crippen molar-refractivity contribution in [2.75, 3.05) is 32.7 Å². The lowest BCUT2D eigenvalue weighted by Gasteiger charge is -2.34. The molecule has 0 aliphatic carbocycles. The van der Waals surface area contributed by atoms with Crippen molar-refractivity contribution in [3.05, 3.63) is 0 Å². The van der Waals surface area contributed by atoms with Gasteiger partial charge in [-0.3, -0.25) is 4.79 Å². The number of nitrogens with one attached hydrogen (secondary N) is 1. The molecule has 0 saturated carbocycles. The van der Waals surface area contributed by atoms with E-state index < -0.39 is 10.2 Å². The minimum absolute atomic E-state index is 0.0552. The average Bonchev–Trinajstić information content (AvgIpc) is 2.46. The van der Waals surface area contributed by atoms with Gasteiger partial charge in [0.1, 0.15) is 0 Å². The van der Waals surface area contributed by atoms with Crippen LogP contribution in [0.3, 0.4) is 0 Å². The Morgan fingerprint density at radius 3 is 2.35 bits per heavy atom. The summed E-state index contributed by atoms with van der Waals surface area (Å²) in [4.78, 5) is 14.1. The van der Waals surface area contributed by atoms with Crippen LogP contribution in [-0.4, -0.2) is 56.3 Å². The predicted molar refractivity (Wildman–Crippen MR) is 91.0 cm³/mol. The fraction of sp³-hybridized carbons (Fsp3) is 0.938. The third-order valence-electron chi connectivity index (χ3n) is 4.81. The van der Waals surface area contributed by atoms with Gasteiger partial charge in [0.05, 0.1) is 0 Å². The molecule has 2 saturated heterocycles. The highest BCUT2D eigenvalue weighted by Crippen LogP contribution is 2.22. The Balaban J connectivity index is 1.79. The van der Waals surface area contributed by atoms with Crippen LogP contribution in [0.15, 0.2) is 0 Å². The van der Waals surface area contributed by atoms with E-state index in [2.05, 4.69) is 25.5 Å². The fourth-order valence-electron chi connectivity index (χ4n) is 3.75. The van der Waals surface area contributed by atoms with E-state index in [4.69, 9.17) is 0 Å². The van der Waals surface area contributed by atoms with Gasteiger partial charge in [-0.25, -0.2) is 4.72 Å². The third-order valence-corrected chi connectivity index (χ3v) is 6.36. The van der Waals surface area contributed by atoms with Gasteiger partial charge in [0.25, 0.3) is 10.2 Å². The van der Waals surface area contributed by atoms with Gasteiger partial charge >= 0.3 is 0 Å². The molecule has 0 aromatic heterocycles. The SMILES string of the molecule is C[C@@H]1CCCN(C(=O)CCNS(=O)(=O)N2C[C@H](C)C[C@@H](C)C2)C1. The van der Waals surface area contributed by atoms with Crippen molar-refractivity contribution < 1.29 is 13.2 Å². The summed E-state index contributed by atoms with van der Waals surface area (Å²) in [5.74, 6) is 1.36. The summed E-state index contributed by atoms with van der Waals surface area (Å²) in [6, 6.07) is 0. The largest absolute Gasteiger partial charge is 0.342 e. The third kappa shape index (κ3) is 5.43. The highest BCUT2D eigenvalue weighted by Gasteiger charge is 2.30. The van der Waals surface area contributed by atoms with E-state index in [0.717, 1.165) is 25.9 Å². The normalized spacial score (nSPS) is 30.4. The van der Waals surface area contributed by atoms with Crippen molar-refractivity contribution in [1.29, 1.82) is 0 Å². The zero-order valence-electron chi connectivity index (χ0n) is 14.6. The maximum Gasteiger partial charge on any atom is 0.279 e. The Bertz CT molecular complexity index is 499. The summed E-state index contributed by atoms with van der Waals surface area (Å²) in [6.45, 7) is 9.24. The molecule has 23 heavy (non-hydrogen) atoms. The standard InChI is InChI=1S/C16H31N3O3S/c1-13-5-4-8-18(10-13)16(20)6-7-17-23(21,22)19-11-14(2)9-15(3)12-19/h13-15,17H,4-12H2,1-3H3/t13-,14-,15-/m1/s1. The molecule has 0 aromatic carbocycles. The lowest BCUT2D eigenvalue weighted by Crippen LogP contribution is -2.48. The van der Waals surface area contributed by atoms with E-state index >= 15 is 0 Å². The smallest absolute Gasteiger partial charge is 0.279 e. The van der Waals surface area contributed by atoms with Crippen molar-refractivity contribution >= 4 is 16.1 Å². The number of carbonyl (C=O) groups is 1. The van der Waals surface area contributed by atoms with Crippen molar-refractivity contribution in [3.63, 3.8) is 0 Å². The number of amides is 1. The Morgan fingerprint density at radius 2 is 1.74 bits per heavy atom. The van der Waals surface area contributed by atoms with Gasteiger partial charge in [0.2, 0.25) is 5.91 Å². The monoisotopic (exact) mass is 345 g/mol. The number of rotatable bonds is 5. The molecule has 7 heteroatoms. The van der Waals surface area contributed by atoms with E-state index in [-0.39, 0.29) is 18.9 Å². The quantitative estimate of drug-likeness (QED) is 0.820. The van der Waals surface area contributed by atoms with Gasteiger partial charge in [-0.15, -0.1) is 0 Å². The second-order valence-corrected chi connectivity index (χ2v) is 9.25. The lowest BCUT2D eigenvalue weighted by atomic mass is 9.94. The van der Waals surface area contributed by atoms with Crippen molar-refractivity contribution in [3.8, 4) is 0 Å². The minimum atomic E-state index is -3.47. The molecule has 3 atom stereocenters. The minimum Gasteiger partial charge on any atom is -0.342 e. The number of carbonyl (C=O) groups excluding carboxylic acids is 1. The van der Waals surface area contributed by atoms with E-state index in [9.17, 15) is 13.2 Å². The maximum absolute atomic E-state index is 12.4. The molecule has 1 amide bonds. The predicted octanol–water partition coefficient (Wildman–Crippen LogP) is 1.45. The Morgan fingerprint density at radius 1 is 1.09 bits per heavy atom. The molecule has 0 aromatic rings. The molecule has 2 aliphatic heterocycles. The summed E-state index contributed by atoms with van der Waals surface area (Å²) < 4.78 is 28.9. The molecule has 134 valence electrons. The van der Waals surface area contributed by atoms with Crippen LogP contribution in [0, 0.1) is 17.8 Å². The first-order valence-electron chi connectivity index (χ1n) is 8.80. The van der Waals surface area contributed by atoms with Crippen LogP contribution in [0.4, 0.5) is 0 Å². The molecular formula is C16H31N3O3S. The highest BCUT2D eigenvalue weighted by atomic mass is 32.2. The average molecular weight is 346 g/mol. The van der Waals surface area contributed by atoms with Crippen molar-refractivity contribution in [2.24, 2.45) is 17.8 Å². The summed E-state index contributed by atoms with van der Waals surface area (Å²) in [5.41, 5.74) is 0. The molecule has 2 aliphatic rings. The zero-order chi connectivity index (χ0) is 17.0. The number of hydrogen-bond acceptors (Lipinski definition) is 3. The molecule has 2 heterocycles. The number of nitrogens with zero attached hydrogens (tertiary/aromatic N) is 2. The first-order valence-corrected chi connectivity index (χ1v) is 10.2. The van der Waals surface area contributed by atoms with Crippen LogP contribution in [0.25, 0.3) is 0 Å². The highest BCUT2D eigenvalue weighted by molar-refractivity contribution is 7.87. The van der Waals surface area contributed by atoms with Crippen LogP contribution >= 0.6 is 0 Å². The first kappa shape index (κ1) is 18.7. The van der Waals surface area contributed by atoms with E-state index in [1.807, 2.05) is 4.90 Å². The number of likely N-dealkylation sites (tertiary alicyclic amines) is 1. The molecule has 2 fully saturated rings. The van der Waals surface area contributed by atoms with Gasteiger partial charge in [-0.1, -0.05) is 20.8 Å². The second kappa shape index (κ2) is 7.94. The Hall–Kier alpha value is -0.660. The van der Waals surface area contributed by atoms with Crippen LogP contribution in [0.5, 0.6) is 0 Å². The van der Waals surface area contributed by atoms with Gasteiger partial charge in [-0.2, -0.15) is 12.7 Å². The first-order chi connectivity index (χ1) is 10.8. The van der Waals surface area contributed by atoms with E-state index in [1.165, 1.54) is 10.7 Å². The van der Waals surface area contributed by atoms with Gasteiger partial charge in [0, 0.05) is 39.1 Å². The van der Waals surface area contributed by atoms with Gasteiger partial charge in [-0.05, 0) is 37.0 Å². The zero-order valence-corrected chi connectivity index (χ0v) is 15.4. The molecule has 1 N–H and O–H groups in total. The molecule has 6 nitrogen and oxygen atoms in total. The van der Waals surface area contributed by atoms with Gasteiger partial charge < -0.3 is 4.90 Å². The van der Waals surface area contributed by atoms with Gasteiger partial charge in [0.15, 0.2) is 0 Å². The molecular weight excluding hydrogens is 314 g/mol. The van der Waals surface area contributed by atoms with Crippen LogP contribution in [0.1, 0.15) is 46.5 Å². The van der Waals surface area contributed by atoms with Crippen molar-refractivity contribution in [2.45, 2.75) is 46.5 Å². The molecule has 0 unspecified atom stereocenters. The summed E-state index contributed by atoms with van der Waals surface area (Å²) in [5, 5.41) is 0. The van der Waals surface area contributed by atoms with E-state index in [1.54, 1.807) is 0 Å². The number of piperidine rings is 2. The number of hydrogen-bond donors (Lipinski definition) is 1.